The van der Waals surface area contributed by atoms with Crippen LogP contribution in [0.15, 0.2) is 30.3 Å². The Balaban J connectivity index is 0.00000264. The largest absolute Gasteiger partial charge is 0.338 e. The van der Waals surface area contributed by atoms with Gasteiger partial charge in [0.2, 0.25) is 5.91 Å². The molecule has 0 radical (unpaired) electrons. The van der Waals surface area contributed by atoms with Gasteiger partial charge in [0.05, 0.1) is 0 Å². The summed E-state index contributed by atoms with van der Waals surface area (Å²) in [5.74, 6) is 1.55. The van der Waals surface area contributed by atoms with Gasteiger partial charge in [0, 0.05) is 19.5 Å². The van der Waals surface area contributed by atoms with E-state index < -0.39 is 0 Å². The van der Waals surface area contributed by atoms with Crippen LogP contribution in [0.4, 0.5) is 0 Å². The SMILES string of the molecule is CC(C)CN(Cc1ccccc1)C(=O)CCC1CCNCC1.Cl. The summed E-state index contributed by atoms with van der Waals surface area (Å²) in [7, 11) is 0. The van der Waals surface area contributed by atoms with Crippen molar-refractivity contribution >= 4 is 18.3 Å². The van der Waals surface area contributed by atoms with Crippen molar-refractivity contribution in [3.05, 3.63) is 35.9 Å². The normalized spacial score (nSPS) is 15.3. The summed E-state index contributed by atoms with van der Waals surface area (Å²) in [6.07, 6.45) is 4.18. The van der Waals surface area contributed by atoms with Crippen LogP contribution in [0.3, 0.4) is 0 Å². The van der Waals surface area contributed by atoms with E-state index in [2.05, 4.69) is 31.3 Å². The maximum atomic E-state index is 12.6. The average Bonchev–Trinajstić information content (AvgIpc) is 2.53. The molecule has 1 amide bonds. The summed E-state index contributed by atoms with van der Waals surface area (Å²) in [5, 5.41) is 3.39. The number of carbonyl (C=O) groups is 1. The number of amides is 1. The number of halogens is 1. The van der Waals surface area contributed by atoms with Gasteiger partial charge >= 0.3 is 0 Å². The summed E-state index contributed by atoms with van der Waals surface area (Å²) >= 11 is 0. The Morgan fingerprint density at radius 2 is 1.87 bits per heavy atom. The fourth-order valence-corrected chi connectivity index (χ4v) is 3.16. The summed E-state index contributed by atoms with van der Waals surface area (Å²) in [4.78, 5) is 14.7. The van der Waals surface area contributed by atoms with E-state index in [1.807, 2.05) is 23.1 Å². The molecule has 1 fully saturated rings. The monoisotopic (exact) mass is 338 g/mol. The summed E-state index contributed by atoms with van der Waals surface area (Å²) in [6.45, 7) is 8.16. The molecule has 1 heterocycles. The smallest absolute Gasteiger partial charge is 0.222 e. The van der Waals surface area contributed by atoms with Crippen LogP contribution in [-0.4, -0.2) is 30.4 Å². The zero-order chi connectivity index (χ0) is 15.8. The number of rotatable bonds is 7. The molecule has 23 heavy (non-hydrogen) atoms. The van der Waals surface area contributed by atoms with Gasteiger partial charge in [-0.15, -0.1) is 12.4 Å². The van der Waals surface area contributed by atoms with E-state index in [4.69, 9.17) is 0 Å². The summed E-state index contributed by atoms with van der Waals surface area (Å²) < 4.78 is 0. The number of hydrogen-bond donors (Lipinski definition) is 1. The first kappa shape index (κ1) is 20.0. The summed E-state index contributed by atoms with van der Waals surface area (Å²) in [5.41, 5.74) is 1.22. The van der Waals surface area contributed by atoms with Crippen LogP contribution in [0.2, 0.25) is 0 Å². The van der Waals surface area contributed by atoms with Gasteiger partial charge in [-0.25, -0.2) is 0 Å². The molecule has 0 saturated carbocycles. The molecule has 1 N–H and O–H groups in total. The minimum atomic E-state index is 0. The van der Waals surface area contributed by atoms with Gasteiger partial charge in [-0.2, -0.15) is 0 Å². The molecule has 3 nitrogen and oxygen atoms in total. The van der Waals surface area contributed by atoms with E-state index >= 15 is 0 Å². The van der Waals surface area contributed by atoms with Crippen molar-refractivity contribution in [3.8, 4) is 0 Å². The van der Waals surface area contributed by atoms with Crippen molar-refractivity contribution in [2.24, 2.45) is 11.8 Å². The molecule has 4 heteroatoms. The third-order valence-corrected chi connectivity index (χ3v) is 4.38. The number of piperidine rings is 1. The highest BCUT2D eigenvalue weighted by atomic mass is 35.5. The van der Waals surface area contributed by atoms with Gasteiger partial charge in [0.15, 0.2) is 0 Å². The second kappa shape index (κ2) is 10.7. The molecule has 0 spiro atoms. The van der Waals surface area contributed by atoms with Crippen LogP contribution in [0, 0.1) is 11.8 Å². The lowest BCUT2D eigenvalue weighted by Gasteiger charge is -2.27. The third-order valence-electron chi connectivity index (χ3n) is 4.38. The van der Waals surface area contributed by atoms with Crippen LogP contribution in [0.5, 0.6) is 0 Å². The molecule has 1 saturated heterocycles. The zero-order valence-corrected chi connectivity index (χ0v) is 15.3. The predicted octanol–water partition coefficient (Wildman–Crippen LogP) is 3.87. The number of hydrogen-bond acceptors (Lipinski definition) is 2. The molecule has 130 valence electrons. The van der Waals surface area contributed by atoms with Crippen molar-refractivity contribution in [3.63, 3.8) is 0 Å². The first-order valence-corrected chi connectivity index (χ1v) is 8.67. The minimum Gasteiger partial charge on any atom is -0.338 e. The maximum absolute atomic E-state index is 12.6. The van der Waals surface area contributed by atoms with Gasteiger partial charge in [0.1, 0.15) is 0 Å². The quantitative estimate of drug-likeness (QED) is 0.818. The van der Waals surface area contributed by atoms with E-state index in [-0.39, 0.29) is 12.4 Å². The zero-order valence-electron chi connectivity index (χ0n) is 14.5. The Morgan fingerprint density at radius 3 is 2.48 bits per heavy atom. The lowest BCUT2D eigenvalue weighted by molar-refractivity contribution is -0.132. The number of nitrogens with one attached hydrogen (secondary N) is 1. The van der Waals surface area contributed by atoms with Gasteiger partial charge < -0.3 is 10.2 Å². The Bertz CT molecular complexity index is 444. The van der Waals surface area contributed by atoms with Crippen LogP contribution in [0.1, 0.15) is 45.1 Å². The Hall–Kier alpha value is -1.06. The highest BCUT2D eigenvalue weighted by Gasteiger charge is 2.19. The lowest BCUT2D eigenvalue weighted by atomic mass is 9.93. The Kier molecular flexibility index (Phi) is 9.27. The van der Waals surface area contributed by atoms with Crippen molar-refractivity contribution in [2.75, 3.05) is 19.6 Å². The molecule has 1 aliphatic heterocycles. The molecule has 1 aliphatic rings. The van der Waals surface area contributed by atoms with Gasteiger partial charge in [-0.05, 0) is 49.8 Å². The molecule has 0 aromatic heterocycles. The molecule has 0 aliphatic carbocycles. The van der Waals surface area contributed by atoms with Crippen LogP contribution < -0.4 is 5.32 Å². The highest BCUT2D eigenvalue weighted by Crippen LogP contribution is 2.19. The van der Waals surface area contributed by atoms with Crippen molar-refractivity contribution in [1.82, 2.24) is 10.2 Å². The molecular weight excluding hydrogens is 308 g/mol. The number of carbonyl (C=O) groups excluding carboxylic acids is 1. The minimum absolute atomic E-state index is 0. The van der Waals surface area contributed by atoms with Crippen molar-refractivity contribution in [1.29, 1.82) is 0 Å². The maximum Gasteiger partial charge on any atom is 0.222 e. The third kappa shape index (κ3) is 7.36. The van der Waals surface area contributed by atoms with Crippen LogP contribution in [-0.2, 0) is 11.3 Å². The first-order valence-electron chi connectivity index (χ1n) is 8.67. The van der Waals surface area contributed by atoms with Crippen LogP contribution >= 0.6 is 12.4 Å². The van der Waals surface area contributed by atoms with Gasteiger partial charge in [0.25, 0.3) is 0 Å². The van der Waals surface area contributed by atoms with Crippen LogP contribution in [0.25, 0.3) is 0 Å². The fraction of sp³-hybridized carbons (Fsp3) is 0.632. The molecule has 0 unspecified atom stereocenters. The van der Waals surface area contributed by atoms with E-state index in [1.165, 1.54) is 18.4 Å². The van der Waals surface area contributed by atoms with E-state index in [9.17, 15) is 4.79 Å². The summed E-state index contributed by atoms with van der Waals surface area (Å²) in [6, 6.07) is 10.3. The topological polar surface area (TPSA) is 32.3 Å². The van der Waals surface area contributed by atoms with Crippen molar-refractivity contribution < 1.29 is 4.79 Å². The predicted molar refractivity (Wildman–Crippen MR) is 98.8 cm³/mol. The second-order valence-electron chi connectivity index (χ2n) is 6.89. The molecule has 1 aromatic carbocycles. The highest BCUT2D eigenvalue weighted by molar-refractivity contribution is 5.85. The van der Waals surface area contributed by atoms with Gasteiger partial charge in [-0.1, -0.05) is 44.2 Å². The fourth-order valence-electron chi connectivity index (χ4n) is 3.16. The van der Waals surface area contributed by atoms with E-state index in [0.29, 0.717) is 18.2 Å². The Labute approximate surface area is 147 Å². The molecule has 1 aromatic rings. The molecule has 0 atom stereocenters. The second-order valence-corrected chi connectivity index (χ2v) is 6.89. The van der Waals surface area contributed by atoms with E-state index in [1.54, 1.807) is 0 Å². The van der Waals surface area contributed by atoms with Crippen molar-refractivity contribution in [2.45, 2.75) is 46.1 Å². The molecule has 0 bridgehead atoms. The Morgan fingerprint density at radius 1 is 1.22 bits per heavy atom. The average molecular weight is 339 g/mol. The molecule has 2 rings (SSSR count). The first-order chi connectivity index (χ1) is 10.6. The van der Waals surface area contributed by atoms with E-state index in [0.717, 1.165) is 38.5 Å². The number of nitrogens with zero attached hydrogens (tertiary/aromatic N) is 1. The van der Waals surface area contributed by atoms with Gasteiger partial charge in [-0.3, -0.25) is 4.79 Å². The lowest BCUT2D eigenvalue weighted by Crippen LogP contribution is -2.34. The molecular formula is C19H31ClN2O. The standard InChI is InChI=1S/C19H30N2O.ClH/c1-16(2)14-21(15-18-6-4-3-5-7-18)19(22)9-8-17-10-12-20-13-11-17;/h3-7,16-17,20H,8-15H2,1-2H3;1H. The number of benzene rings is 1.